The SMILES string of the molecule is C=CCNC(=O)C(=O)C(CCCC)NC(=O)[C@@H]1CC(C(C)C)CN1C(=O)[C@@H](NC(=O)N[C@H](CN1CCCCS1(=O)=O)C(C)(C)C)C1CCCCC1. The van der Waals surface area contributed by atoms with Crippen LogP contribution in [-0.4, -0.2) is 103 Å². The van der Waals surface area contributed by atoms with E-state index in [-0.39, 0.29) is 48.9 Å². The number of carbonyl (C=O) groups is 5. The van der Waals surface area contributed by atoms with E-state index < -0.39 is 63.2 Å². The van der Waals surface area contributed by atoms with Crippen LogP contribution in [0.5, 0.6) is 0 Å². The number of ketones is 1. The zero-order valence-corrected chi connectivity index (χ0v) is 32.6. The van der Waals surface area contributed by atoms with Gasteiger partial charge < -0.3 is 26.2 Å². The molecule has 0 aromatic heterocycles. The lowest BCUT2D eigenvalue weighted by Gasteiger charge is -2.38. The quantitative estimate of drug-likeness (QED) is 0.139. The van der Waals surface area contributed by atoms with Gasteiger partial charge in [-0.25, -0.2) is 13.2 Å². The van der Waals surface area contributed by atoms with Crippen LogP contribution in [0.1, 0.15) is 112 Å². The molecule has 1 aliphatic carbocycles. The van der Waals surface area contributed by atoms with E-state index >= 15 is 0 Å². The Morgan fingerprint density at radius 3 is 2.22 bits per heavy atom. The van der Waals surface area contributed by atoms with E-state index in [0.717, 1.165) is 44.9 Å². The molecule has 2 unspecified atom stereocenters. The fourth-order valence-electron chi connectivity index (χ4n) is 7.35. The summed E-state index contributed by atoms with van der Waals surface area (Å²) in [5, 5.41) is 11.3. The summed E-state index contributed by atoms with van der Waals surface area (Å²) in [6.07, 6.45) is 9.29. The largest absolute Gasteiger partial charge is 0.346 e. The van der Waals surface area contributed by atoms with Gasteiger partial charge in [-0.1, -0.05) is 79.7 Å². The number of unbranched alkanes of at least 4 members (excludes halogenated alkanes) is 1. The third-order valence-corrected chi connectivity index (χ3v) is 12.8. The minimum Gasteiger partial charge on any atom is -0.346 e. The molecule has 2 saturated heterocycles. The van der Waals surface area contributed by atoms with Crippen LogP contribution in [0.15, 0.2) is 12.7 Å². The molecule has 0 aromatic carbocycles. The first-order valence-electron chi connectivity index (χ1n) is 19.1. The van der Waals surface area contributed by atoms with Gasteiger partial charge in [-0.2, -0.15) is 4.31 Å². The van der Waals surface area contributed by atoms with Crippen molar-refractivity contribution >= 4 is 39.6 Å². The predicted molar refractivity (Wildman–Crippen MR) is 198 cm³/mol. The van der Waals surface area contributed by atoms with E-state index in [2.05, 4.69) is 27.8 Å². The molecule has 2 heterocycles. The third-order valence-electron chi connectivity index (χ3n) is 10.8. The topological polar surface area (TPSA) is 174 Å². The van der Waals surface area contributed by atoms with E-state index in [1.165, 1.54) is 10.4 Å². The number of likely N-dealkylation sites (tertiary alicyclic amines) is 1. The molecule has 14 heteroatoms. The highest BCUT2D eigenvalue weighted by molar-refractivity contribution is 7.89. The van der Waals surface area contributed by atoms with Gasteiger partial charge >= 0.3 is 6.03 Å². The highest BCUT2D eigenvalue weighted by atomic mass is 32.2. The van der Waals surface area contributed by atoms with Gasteiger partial charge in [0.2, 0.25) is 27.6 Å². The highest BCUT2D eigenvalue weighted by Gasteiger charge is 2.46. The van der Waals surface area contributed by atoms with Crippen LogP contribution in [0, 0.1) is 23.2 Å². The Hall–Kier alpha value is -3.00. The second-order valence-corrected chi connectivity index (χ2v) is 18.2. The maximum atomic E-state index is 14.6. The lowest BCUT2D eigenvalue weighted by atomic mass is 9.83. The lowest BCUT2D eigenvalue weighted by Crippen LogP contribution is -2.61. The molecule has 0 aromatic rings. The van der Waals surface area contributed by atoms with E-state index in [9.17, 15) is 32.4 Å². The summed E-state index contributed by atoms with van der Waals surface area (Å²) in [5.74, 6) is -2.22. The van der Waals surface area contributed by atoms with Gasteiger partial charge in [0, 0.05) is 32.2 Å². The molecule has 3 rings (SSSR count). The summed E-state index contributed by atoms with van der Waals surface area (Å²) < 4.78 is 27.1. The Labute approximate surface area is 305 Å². The molecule has 0 radical (unpaired) electrons. The van der Waals surface area contributed by atoms with Crippen molar-refractivity contribution < 1.29 is 32.4 Å². The number of nitrogens with zero attached hydrogens (tertiary/aromatic N) is 2. The van der Waals surface area contributed by atoms with Gasteiger partial charge in [0.25, 0.3) is 5.91 Å². The maximum Gasteiger partial charge on any atom is 0.315 e. The summed E-state index contributed by atoms with van der Waals surface area (Å²) in [6, 6.07) is -3.88. The van der Waals surface area contributed by atoms with E-state index in [1.807, 2.05) is 41.5 Å². The molecule has 3 fully saturated rings. The summed E-state index contributed by atoms with van der Waals surface area (Å²) in [7, 11) is -3.42. The Morgan fingerprint density at radius 1 is 0.941 bits per heavy atom. The van der Waals surface area contributed by atoms with Crippen LogP contribution in [0.4, 0.5) is 4.79 Å². The number of sulfonamides is 1. The first-order chi connectivity index (χ1) is 24.0. The van der Waals surface area contributed by atoms with Gasteiger partial charge in [0.1, 0.15) is 12.1 Å². The van der Waals surface area contributed by atoms with E-state index in [0.29, 0.717) is 32.4 Å². The number of amides is 5. The van der Waals surface area contributed by atoms with Crippen molar-refractivity contribution in [2.24, 2.45) is 23.2 Å². The van der Waals surface area contributed by atoms with Crippen molar-refractivity contribution in [1.82, 2.24) is 30.5 Å². The molecular formula is C37H64N6O7S. The molecule has 0 spiro atoms. The summed E-state index contributed by atoms with van der Waals surface area (Å²) in [4.78, 5) is 69.7. The van der Waals surface area contributed by atoms with Crippen LogP contribution in [0.2, 0.25) is 0 Å². The van der Waals surface area contributed by atoms with Crippen molar-refractivity contribution in [2.75, 3.05) is 31.9 Å². The molecule has 3 aliphatic rings. The Balaban J connectivity index is 1.86. The highest BCUT2D eigenvalue weighted by Crippen LogP contribution is 2.33. The van der Waals surface area contributed by atoms with Gasteiger partial charge in [0.05, 0.1) is 11.8 Å². The van der Waals surface area contributed by atoms with Gasteiger partial charge in [-0.05, 0) is 61.7 Å². The first kappa shape index (κ1) is 42.4. The zero-order valence-electron chi connectivity index (χ0n) is 31.8. The normalized spacial score (nSPS) is 23.2. The van der Waals surface area contributed by atoms with Gasteiger partial charge in [0.15, 0.2) is 0 Å². The third kappa shape index (κ3) is 12.0. The van der Waals surface area contributed by atoms with E-state index in [1.54, 1.807) is 4.90 Å². The smallest absolute Gasteiger partial charge is 0.315 e. The van der Waals surface area contributed by atoms with Gasteiger partial charge in [-0.15, -0.1) is 6.58 Å². The molecule has 5 atom stereocenters. The molecule has 51 heavy (non-hydrogen) atoms. The van der Waals surface area contributed by atoms with Crippen molar-refractivity contribution in [3.05, 3.63) is 12.7 Å². The predicted octanol–water partition coefficient (Wildman–Crippen LogP) is 3.49. The van der Waals surface area contributed by atoms with Crippen molar-refractivity contribution in [2.45, 2.75) is 136 Å². The minimum absolute atomic E-state index is 0.0166. The van der Waals surface area contributed by atoms with Crippen LogP contribution < -0.4 is 21.3 Å². The Morgan fingerprint density at radius 2 is 1.63 bits per heavy atom. The van der Waals surface area contributed by atoms with Crippen molar-refractivity contribution in [1.29, 1.82) is 0 Å². The molecule has 2 aliphatic heterocycles. The number of rotatable bonds is 16. The Kier molecular flexibility index (Phi) is 16.0. The Bertz CT molecular complexity index is 1340. The number of hydrogen-bond acceptors (Lipinski definition) is 7. The summed E-state index contributed by atoms with van der Waals surface area (Å²) in [5.41, 5.74) is -0.481. The molecule has 1 saturated carbocycles. The summed E-state index contributed by atoms with van der Waals surface area (Å²) in [6.45, 7) is 16.4. The fourth-order valence-corrected chi connectivity index (χ4v) is 8.96. The van der Waals surface area contributed by atoms with Crippen molar-refractivity contribution in [3.63, 3.8) is 0 Å². The molecule has 4 N–H and O–H groups in total. The number of carbonyl (C=O) groups excluding carboxylic acids is 5. The van der Waals surface area contributed by atoms with Crippen LogP contribution >= 0.6 is 0 Å². The maximum absolute atomic E-state index is 14.6. The van der Waals surface area contributed by atoms with E-state index in [4.69, 9.17) is 0 Å². The second-order valence-electron chi connectivity index (χ2n) is 16.1. The first-order valence-corrected chi connectivity index (χ1v) is 20.7. The van der Waals surface area contributed by atoms with Gasteiger partial charge in [-0.3, -0.25) is 19.2 Å². The van der Waals surface area contributed by atoms with Crippen LogP contribution in [-0.2, 0) is 29.2 Å². The van der Waals surface area contributed by atoms with Crippen LogP contribution in [0.3, 0.4) is 0 Å². The molecule has 290 valence electrons. The standard InChI is InChI=1S/C37H64N6O7S/c1-8-10-18-28(32(44)34(46)38-19-9-2)39-33(45)29-22-27(25(3)4)23-43(29)35(47)31(26-16-12-11-13-17-26)41-36(48)40-30(37(5,6)7)24-42-20-14-15-21-51(42,49)50/h9,25-31H,2,8,10-24H2,1,3-7H3,(H,38,46)(H,39,45)(H2,40,41,48)/t27?,28?,29-,30+,31-/m0/s1. The monoisotopic (exact) mass is 736 g/mol. The molecular weight excluding hydrogens is 673 g/mol. The van der Waals surface area contributed by atoms with Crippen molar-refractivity contribution in [3.8, 4) is 0 Å². The number of urea groups is 1. The lowest BCUT2D eigenvalue weighted by molar-refractivity contribution is -0.143. The molecule has 13 nitrogen and oxygen atoms in total. The molecule has 0 bridgehead atoms. The average molecular weight is 737 g/mol. The average Bonchev–Trinajstić information content (AvgIpc) is 3.54. The second kappa shape index (κ2) is 19.2. The number of nitrogens with one attached hydrogen (secondary N) is 4. The zero-order chi connectivity index (χ0) is 37.9. The molecule has 5 amide bonds. The minimum atomic E-state index is -3.42. The fraction of sp³-hybridized carbons (Fsp3) is 0.811. The number of Topliss-reactive ketones (excluding diaryl/α,β-unsaturated/α-hetero) is 1. The van der Waals surface area contributed by atoms with Crippen LogP contribution in [0.25, 0.3) is 0 Å². The number of hydrogen-bond donors (Lipinski definition) is 4. The summed E-state index contributed by atoms with van der Waals surface area (Å²) >= 11 is 0.